The third-order valence-electron chi connectivity index (χ3n) is 4.77. The number of rotatable bonds is 4. The summed E-state index contributed by atoms with van der Waals surface area (Å²) in [7, 11) is 0. The van der Waals surface area contributed by atoms with E-state index in [2.05, 4.69) is 52.5 Å². The number of imidazole rings is 1. The molecule has 1 N–H and O–H groups in total. The molecule has 0 unspecified atom stereocenters. The average molecular weight is 357 g/mol. The summed E-state index contributed by atoms with van der Waals surface area (Å²) >= 11 is 0. The normalized spacial score (nSPS) is 10.9. The molecule has 0 spiro atoms. The number of fused-ring (bicyclic) bond motifs is 1. The molecule has 0 bridgehead atoms. The molecule has 27 heavy (non-hydrogen) atoms. The summed E-state index contributed by atoms with van der Waals surface area (Å²) in [6, 6.07) is 16.7. The van der Waals surface area contributed by atoms with Gasteiger partial charge in [0.15, 0.2) is 0 Å². The van der Waals surface area contributed by atoms with Crippen LogP contribution in [0.1, 0.15) is 17.0 Å². The van der Waals surface area contributed by atoms with Gasteiger partial charge in [-0.05, 0) is 61.4 Å². The van der Waals surface area contributed by atoms with Gasteiger partial charge in [-0.3, -0.25) is 0 Å². The van der Waals surface area contributed by atoms with Gasteiger partial charge in [0, 0.05) is 28.7 Å². The Balaban J connectivity index is 1.72. The van der Waals surface area contributed by atoms with Gasteiger partial charge in [0.2, 0.25) is 0 Å². The largest absolute Gasteiger partial charge is 0.356 e. The lowest BCUT2D eigenvalue weighted by Crippen LogP contribution is -2.00. The predicted octanol–water partition coefficient (Wildman–Crippen LogP) is 5.84. The second-order valence-electron chi connectivity index (χ2n) is 6.62. The monoisotopic (exact) mass is 357 g/mol. The number of benzene rings is 2. The number of aromatic nitrogens is 2. The van der Waals surface area contributed by atoms with E-state index in [1.165, 1.54) is 12.1 Å². The first-order chi connectivity index (χ1) is 13.0. The standard InChI is InChI=1S/C23H20FN3/c1-15-6-7-18(21-5-4-12-27-17(3)25-14-23(21)27)13-22(15)16(2)26-20-10-8-19(24)9-11-20/h4-14,26H,2H2,1,3H3. The SMILES string of the molecule is C=C(Nc1ccc(F)cc1)c1cc(-c2cccn3c(C)ncc23)ccc1C. The van der Waals surface area contributed by atoms with E-state index in [0.717, 1.165) is 45.0 Å². The molecular weight excluding hydrogens is 337 g/mol. The first-order valence-electron chi connectivity index (χ1n) is 8.78. The van der Waals surface area contributed by atoms with Crippen LogP contribution in [-0.4, -0.2) is 9.38 Å². The molecule has 4 rings (SSSR count). The number of halogens is 1. The second kappa shape index (κ2) is 6.72. The lowest BCUT2D eigenvalue weighted by atomic mass is 9.98. The first-order valence-corrected chi connectivity index (χ1v) is 8.78. The van der Waals surface area contributed by atoms with Crippen LogP contribution in [0.15, 0.2) is 73.6 Å². The smallest absolute Gasteiger partial charge is 0.123 e. The highest BCUT2D eigenvalue weighted by molar-refractivity contribution is 5.84. The molecule has 0 radical (unpaired) electrons. The Labute approximate surface area is 157 Å². The number of hydrogen-bond donors (Lipinski definition) is 1. The Morgan fingerprint density at radius 2 is 1.85 bits per heavy atom. The number of hydrogen-bond acceptors (Lipinski definition) is 2. The first kappa shape index (κ1) is 17.0. The fraction of sp³-hybridized carbons (Fsp3) is 0.0870. The molecule has 4 heteroatoms. The van der Waals surface area contributed by atoms with Gasteiger partial charge in [-0.25, -0.2) is 9.37 Å². The summed E-state index contributed by atoms with van der Waals surface area (Å²) in [4.78, 5) is 4.42. The molecule has 4 aromatic rings. The van der Waals surface area contributed by atoms with E-state index in [1.807, 2.05) is 25.4 Å². The molecule has 0 saturated carbocycles. The van der Waals surface area contributed by atoms with Gasteiger partial charge in [0.05, 0.1) is 11.7 Å². The molecule has 0 aliphatic heterocycles. The van der Waals surface area contributed by atoms with E-state index < -0.39 is 0 Å². The Morgan fingerprint density at radius 3 is 2.63 bits per heavy atom. The zero-order chi connectivity index (χ0) is 19.0. The van der Waals surface area contributed by atoms with Crippen LogP contribution >= 0.6 is 0 Å². The number of anilines is 1. The van der Waals surface area contributed by atoms with Crippen molar-refractivity contribution in [3.8, 4) is 11.1 Å². The maximum Gasteiger partial charge on any atom is 0.123 e. The molecule has 134 valence electrons. The van der Waals surface area contributed by atoms with Crippen LogP contribution in [0.25, 0.3) is 22.3 Å². The third-order valence-corrected chi connectivity index (χ3v) is 4.77. The molecule has 0 fully saturated rings. The van der Waals surface area contributed by atoms with Crippen LogP contribution in [0, 0.1) is 19.7 Å². The second-order valence-corrected chi connectivity index (χ2v) is 6.62. The number of pyridine rings is 1. The zero-order valence-electron chi connectivity index (χ0n) is 15.3. The highest BCUT2D eigenvalue weighted by Crippen LogP contribution is 2.30. The summed E-state index contributed by atoms with van der Waals surface area (Å²) in [5.74, 6) is 0.704. The molecule has 2 heterocycles. The molecule has 3 nitrogen and oxygen atoms in total. The zero-order valence-corrected chi connectivity index (χ0v) is 15.3. The molecule has 2 aromatic carbocycles. The van der Waals surface area contributed by atoms with Crippen molar-refractivity contribution >= 4 is 16.9 Å². The lowest BCUT2D eigenvalue weighted by molar-refractivity contribution is 0.628. The van der Waals surface area contributed by atoms with E-state index in [-0.39, 0.29) is 5.82 Å². The molecule has 0 aliphatic carbocycles. The van der Waals surface area contributed by atoms with Crippen LogP contribution in [-0.2, 0) is 0 Å². The van der Waals surface area contributed by atoms with Gasteiger partial charge in [-0.15, -0.1) is 0 Å². The number of nitrogens with one attached hydrogen (secondary N) is 1. The number of nitrogens with zero attached hydrogens (tertiary/aromatic N) is 2. The third kappa shape index (κ3) is 3.22. The summed E-state index contributed by atoms with van der Waals surface area (Å²) in [6.07, 6.45) is 3.92. The fourth-order valence-electron chi connectivity index (χ4n) is 3.29. The average Bonchev–Trinajstić information content (AvgIpc) is 3.05. The van der Waals surface area contributed by atoms with Crippen molar-refractivity contribution in [2.45, 2.75) is 13.8 Å². The Kier molecular flexibility index (Phi) is 4.24. The van der Waals surface area contributed by atoms with Crippen molar-refractivity contribution in [1.29, 1.82) is 0 Å². The van der Waals surface area contributed by atoms with Crippen molar-refractivity contribution < 1.29 is 4.39 Å². The van der Waals surface area contributed by atoms with Gasteiger partial charge in [-0.2, -0.15) is 0 Å². The van der Waals surface area contributed by atoms with Gasteiger partial charge in [0.1, 0.15) is 11.6 Å². The molecule has 0 saturated heterocycles. The van der Waals surface area contributed by atoms with Crippen LogP contribution in [0.3, 0.4) is 0 Å². The summed E-state index contributed by atoms with van der Waals surface area (Å²) in [5.41, 5.74) is 7.02. The Bertz CT molecular complexity index is 1140. The summed E-state index contributed by atoms with van der Waals surface area (Å²) in [6.45, 7) is 8.23. The van der Waals surface area contributed by atoms with E-state index in [4.69, 9.17) is 0 Å². The van der Waals surface area contributed by atoms with Gasteiger partial charge in [0.25, 0.3) is 0 Å². The minimum atomic E-state index is -0.256. The van der Waals surface area contributed by atoms with E-state index in [0.29, 0.717) is 0 Å². The van der Waals surface area contributed by atoms with Crippen LogP contribution < -0.4 is 5.32 Å². The van der Waals surface area contributed by atoms with Gasteiger partial charge >= 0.3 is 0 Å². The van der Waals surface area contributed by atoms with E-state index >= 15 is 0 Å². The highest BCUT2D eigenvalue weighted by atomic mass is 19.1. The van der Waals surface area contributed by atoms with Gasteiger partial charge in [-0.1, -0.05) is 24.8 Å². The maximum atomic E-state index is 13.1. The van der Waals surface area contributed by atoms with Crippen molar-refractivity contribution in [2.75, 3.05) is 5.32 Å². The topological polar surface area (TPSA) is 29.3 Å². The maximum absolute atomic E-state index is 13.1. The van der Waals surface area contributed by atoms with E-state index in [9.17, 15) is 4.39 Å². The molecule has 0 amide bonds. The Hall–Kier alpha value is -3.40. The molecular formula is C23H20FN3. The Morgan fingerprint density at radius 1 is 1.07 bits per heavy atom. The van der Waals surface area contributed by atoms with Crippen LogP contribution in [0.5, 0.6) is 0 Å². The van der Waals surface area contributed by atoms with Crippen LogP contribution in [0.2, 0.25) is 0 Å². The lowest BCUT2D eigenvalue weighted by Gasteiger charge is -2.14. The summed E-state index contributed by atoms with van der Waals surface area (Å²) in [5, 5.41) is 3.27. The predicted molar refractivity (Wildman–Crippen MR) is 109 cm³/mol. The minimum Gasteiger partial charge on any atom is -0.356 e. The molecule has 2 aromatic heterocycles. The van der Waals surface area contributed by atoms with Crippen molar-refractivity contribution in [2.24, 2.45) is 0 Å². The van der Waals surface area contributed by atoms with Crippen molar-refractivity contribution in [3.63, 3.8) is 0 Å². The summed E-state index contributed by atoms with van der Waals surface area (Å²) < 4.78 is 15.2. The minimum absolute atomic E-state index is 0.256. The fourth-order valence-corrected chi connectivity index (χ4v) is 3.29. The quantitative estimate of drug-likeness (QED) is 0.497. The van der Waals surface area contributed by atoms with Crippen LogP contribution in [0.4, 0.5) is 10.1 Å². The molecule has 0 atom stereocenters. The van der Waals surface area contributed by atoms with Gasteiger partial charge < -0.3 is 9.72 Å². The highest BCUT2D eigenvalue weighted by Gasteiger charge is 2.10. The molecule has 0 aliphatic rings. The van der Waals surface area contributed by atoms with Crippen molar-refractivity contribution in [1.82, 2.24) is 9.38 Å². The number of aryl methyl sites for hydroxylation is 2. The van der Waals surface area contributed by atoms with Crippen molar-refractivity contribution in [3.05, 3.63) is 96.3 Å². The van der Waals surface area contributed by atoms with E-state index in [1.54, 1.807) is 12.1 Å².